The number of nitrogens with one attached hydrogen (secondary N) is 2. The van der Waals surface area contributed by atoms with Crippen molar-refractivity contribution in [2.45, 2.75) is 39.8 Å². The standard InChI is InChI=1S/C15H24N2O2/c1-4-10-19-14-8-6-13(7-9-14)11-17-12(3)15(18)16-5-2/h6-9,12,17H,4-5,10-11H2,1-3H3,(H,16,18). The van der Waals surface area contributed by atoms with Gasteiger partial charge in [-0.25, -0.2) is 0 Å². The fourth-order valence-corrected chi connectivity index (χ4v) is 1.61. The number of amides is 1. The molecule has 1 unspecified atom stereocenters. The van der Waals surface area contributed by atoms with E-state index in [1.165, 1.54) is 0 Å². The van der Waals surface area contributed by atoms with E-state index in [4.69, 9.17) is 4.74 Å². The molecule has 1 amide bonds. The highest BCUT2D eigenvalue weighted by Crippen LogP contribution is 2.12. The van der Waals surface area contributed by atoms with Gasteiger partial charge in [0, 0.05) is 13.1 Å². The molecule has 4 heteroatoms. The van der Waals surface area contributed by atoms with E-state index >= 15 is 0 Å². The Bertz CT molecular complexity index is 376. The van der Waals surface area contributed by atoms with E-state index in [9.17, 15) is 4.79 Å². The average Bonchev–Trinajstić information content (AvgIpc) is 2.43. The number of rotatable bonds is 8. The SMILES string of the molecule is CCCOc1ccc(CNC(C)C(=O)NCC)cc1. The Labute approximate surface area is 115 Å². The third kappa shape index (κ3) is 5.75. The molecule has 0 saturated heterocycles. The molecule has 0 radical (unpaired) electrons. The van der Waals surface area contributed by atoms with Gasteiger partial charge in [0.15, 0.2) is 0 Å². The van der Waals surface area contributed by atoms with Crippen LogP contribution >= 0.6 is 0 Å². The first-order valence-corrected chi connectivity index (χ1v) is 6.90. The number of carbonyl (C=O) groups excluding carboxylic acids is 1. The smallest absolute Gasteiger partial charge is 0.236 e. The van der Waals surface area contributed by atoms with Crippen LogP contribution in [0.5, 0.6) is 5.75 Å². The summed E-state index contributed by atoms with van der Waals surface area (Å²) in [7, 11) is 0. The Morgan fingerprint density at radius 1 is 1.26 bits per heavy atom. The van der Waals surface area contributed by atoms with Crippen molar-refractivity contribution in [3.63, 3.8) is 0 Å². The van der Waals surface area contributed by atoms with Crippen molar-refractivity contribution in [3.8, 4) is 5.75 Å². The van der Waals surface area contributed by atoms with Crippen LogP contribution in [-0.2, 0) is 11.3 Å². The normalized spacial score (nSPS) is 11.9. The molecule has 1 atom stereocenters. The summed E-state index contributed by atoms with van der Waals surface area (Å²) in [5, 5.41) is 5.99. The fourth-order valence-electron chi connectivity index (χ4n) is 1.61. The second-order valence-corrected chi connectivity index (χ2v) is 4.49. The third-order valence-electron chi connectivity index (χ3n) is 2.75. The topological polar surface area (TPSA) is 50.4 Å². The van der Waals surface area contributed by atoms with Crippen LogP contribution in [0.25, 0.3) is 0 Å². The lowest BCUT2D eigenvalue weighted by molar-refractivity contribution is -0.122. The highest BCUT2D eigenvalue weighted by molar-refractivity contribution is 5.81. The minimum absolute atomic E-state index is 0.0328. The van der Waals surface area contributed by atoms with E-state index in [2.05, 4.69) is 17.6 Å². The van der Waals surface area contributed by atoms with Crippen LogP contribution in [0.15, 0.2) is 24.3 Å². The first kappa shape index (κ1) is 15.5. The Morgan fingerprint density at radius 3 is 2.53 bits per heavy atom. The summed E-state index contributed by atoms with van der Waals surface area (Å²) in [6, 6.07) is 7.77. The summed E-state index contributed by atoms with van der Waals surface area (Å²) in [6.07, 6.45) is 1.01. The molecule has 0 aliphatic rings. The molecular formula is C15H24N2O2. The van der Waals surface area contributed by atoms with Gasteiger partial charge in [0.1, 0.15) is 5.75 Å². The second kappa shape index (κ2) is 8.53. The van der Waals surface area contributed by atoms with Crippen LogP contribution < -0.4 is 15.4 Å². The lowest BCUT2D eigenvalue weighted by Crippen LogP contribution is -2.41. The van der Waals surface area contributed by atoms with E-state index in [0.29, 0.717) is 13.1 Å². The molecule has 0 spiro atoms. The molecule has 0 saturated carbocycles. The van der Waals surface area contributed by atoms with E-state index in [1.54, 1.807) is 0 Å². The number of hydrogen-bond donors (Lipinski definition) is 2. The molecule has 19 heavy (non-hydrogen) atoms. The summed E-state index contributed by atoms with van der Waals surface area (Å²) >= 11 is 0. The maximum absolute atomic E-state index is 11.5. The summed E-state index contributed by atoms with van der Waals surface area (Å²) in [5.41, 5.74) is 1.14. The van der Waals surface area contributed by atoms with Crippen molar-refractivity contribution < 1.29 is 9.53 Å². The van der Waals surface area contributed by atoms with Gasteiger partial charge in [-0.1, -0.05) is 19.1 Å². The minimum atomic E-state index is -0.184. The van der Waals surface area contributed by atoms with Gasteiger partial charge < -0.3 is 15.4 Å². The molecule has 1 aromatic rings. The van der Waals surface area contributed by atoms with E-state index in [-0.39, 0.29) is 11.9 Å². The Hall–Kier alpha value is -1.55. The zero-order valence-electron chi connectivity index (χ0n) is 12.0. The van der Waals surface area contributed by atoms with Gasteiger partial charge in [0.05, 0.1) is 12.6 Å². The highest BCUT2D eigenvalue weighted by Gasteiger charge is 2.10. The van der Waals surface area contributed by atoms with Crippen molar-refractivity contribution >= 4 is 5.91 Å². The molecule has 0 fully saturated rings. The molecule has 0 heterocycles. The van der Waals surface area contributed by atoms with Crippen molar-refractivity contribution in [3.05, 3.63) is 29.8 Å². The second-order valence-electron chi connectivity index (χ2n) is 4.49. The van der Waals surface area contributed by atoms with Crippen LogP contribution in [0, 0.1) is 0 Å². The minimum Gasteiger partial charge on any atom is -0.494 e. The molecule has 2 N–H and O–H groups in total. The van der Waals surface area contributed by atoms with Crippen LogP contribution in [0.4, 0.5) is 0 Å². The van der Waals surface area contributed by atoms with E-state index in [0.717, 1.165) is 24.3 Å². The monoisotopic (exact) mass is 264 g/mol. The molecular weight excluding hydrogens is 240 g/mol. The van der Waals surface area contributed by atoms with Gasteiger partial charge in [-0.3, -0.25) is 4.79 Å². The summed E-state index contributed by atoms with van der Waals surface area (Å²) in [4.78, 5) is 11.5. The van der Waals surface area contributed by atoms with Gasteiger partial charge in [-0.05, 0) is 38.0 Å². The molecule has 0 bridgehead atoms. The zero-order valence-corrected chi connectivity index (χ0v) is 12.0. The molecule has 1 rings (SSSR count). The predicted molar refractivity (Wildman–Crippen MR) is 77.2 cm³/mol. The highest BCUT2D eigenvalue weighted by atomic mass is 16.5. The molecule has 0 aliphatic carbocycles. The first-order valence-electron chi connectivity index (χ1n) is 6.90. The number of hydrogen-bond acceptors (Lipinski definition) is 3. The third-order valence-corrected chi connectivity index (χ3v) is 2.75. The van der Waals surface area contributed by atoms with Crippen LogP contribution in [0.2, 0.25) is 0 Å². The van der Waals surface area contributed by atoms with Gasteiger partial charge in [0.2, 0.25) is 5.91 Å². The number of ether oxygens (including phenoxy) is 1. The number of benzene rings is 1. The number of carbonyl (C=O) groups is 1. The van der Waals surface area contributed by atoms with Gasteiger partial charge in [-0.15, -0.1) is 0 Å². The van der Waals surface area contributed by atoms with Crippen LogP contribution in [0.1, 0.15) is 32.8 Å². The fraction of sp³-hybridized carbons (Fsp3) is 0.533. The van der Waals surface area contributed by atoms with Crippen molar-refractivity contribution in [1.29, 1.82) is 0 Å². The Morgan fingerprint density at radius 2 is 1.95 bits per heavy atom. The summed E-state index contributed by atoms with van der Waals surface area (Å²) < 4.78 is 5.52. The van der Waals surface area contributed by atoms with Gasteiger partial charge >= 0.3 is 0 Å². The average molecular weight is 264 g/mol. The molecule has 4 nitrogen and oxygen atoms in total. The van der Waals surface area contributed by atoms with Gasteiger partial charge in [0.25, 0.3) is 0 Å². The first-order chi connectivity index (χ1) is 9.17. The van der Waals surface area contributed by atoms with E-state index in [1.807, 2.05) is 38.1 Å². The molecule has 0 aliphatic heterocycles. The maximum Gasteiger partial charge on any atom is 0.236 e. The number of likely N-dealkylation sites (N-methyl/N-ethyl adjacent to an activating group) is 1. The lowest BCUT2D eigenvalue weighted by Gasteiger charge is -2.13. The van der Waals surface area contributed by atoms with Crippen LogP contribution in [-0.4, -0.2) is 25.1 Å². The van der Waals surface area contributed by atoms with Gasteiger partial charge in [-0.2, -0.15) is 0 Å². The van der Waals surface area contributed by atoms with Crippen molar-refractivity contribution in [2.75, 3.05) is 13.2 Å². The quantitative estimate of drug-likeness (QED) is 0.756. The zero-order chi connectivity index (χ0) is 14.1. The lowest BCUT2D eigenvalue weighted by atomic mass is 10.2. The Kier molecular flexibility index (Phi) is 6.97. The molecule has 1 aromatic carbocycles. The molecule has 106 valence electrons. The largest absolute Gasteiger partial charge is 0.494 e. The van der Waals surface area contributed by atoms with Crippen molar-refractivity contribution in [1.82, 2.24) is 10.6 Å². The summed E-state index contributed by atoms with van der Waals surface area (Å²) in [6.45, 7) is 7.94. The molecule has 0 aromatic heterocycles. The maximum atomic E-state index is 11.5. The van der Waals surface area contributed by atoms with Crippen molar-refractivity contribution in [2.24, 2.45) is 0 Å². The van der Waals surface area contributed by atoms with E-state index < -0.39 is 0 Å². The summed E-state index contributed by atoms with van der Waals surface area (Å²) in [5.74, 6) is 0.924. The Balaban J connectivity index is 2.39. The van der Waals surface area contributed by atoms with Crippen LogP contribution in [0.3, 0.4) is 0 Å². The predicted octanol–water partition coefficient (Wildman–Crippen LogP) is 2.09.